The first-order valence-electron chi connectivity index (χ1n) is 8.80. The second-order valence-electron chi connectivity index (χ2n) is 6.68. The molecule has 2 aromatic carbocycles. The van der Waals surface area contributed by atoms with Gasteiger partial charge in [-0.15, -0.1) is 11.3 Å². The second-order valence-corrected chi connectivity index (χ2v) is 7.73. The summed E-state index contributed by atoms with van der Waals surface area (Å²) < 4.78 is 40.9. The summed E-state index contributed by atoms with van der Waals surface area (Å²) in [7, 11) is 0. The van der Waals surface area contributed by atoms with Crippen molar-refractivity contribution < 1.29 is 22.8 Å². The molecule has 0 bridgehead atoms. The monoisotopic (exact) mass is 416 g/mol. The van der Waals surface area contributed by atoms with E-state index in [1.54, 1.807) is 13.0 Å². The van der Waals surface area contributed by atoms with E-state index in [0.29, 0.717) is 27.4 Å². The number of nitrogens with zero attached hydrogens (tertiary/aromatic N) is 1. The molecule has 0 saturated carbocycles. The highest BCUT2D eigenvalue weighted by Gasteiger charge is 2.30. The average molecular weight is 416 g/mol. The molecular formula is C21H15F3N2O2S. The van der Waals surface area contributed by atoms with Crippen molar-refractivity contribution in [2.24, 2.45) is 0 Å². The zero-order valence-corrected chi connectivity index (χ0v) is 16.1. The fourth-order valence-corrected chi connectivity index (χ4v) is 4.34. The molecule has 0 aliphatic carbocycles. The van der Waals surface area contributed by atoms with Gasteiger partial charge in [-0.3, -0.25) is 9.59 Å². The molecule has 1 aromatic heterocycles. The van der Waals surface area contributed by atoms with Gasteiger partial charge in [0.05, 0.1) is 15.6 Å². The van der Waals surface area contributed by atoms with E-state index in [0.717, 1.165) is 29.5 Å². The van der Waals surface area contributed by atoms with Gasteiger partial charge in [0, 0.05) is 23.7 Å². The van der Waals surface area contributed by atoms with Gasteiger partial charge >= 0.3 is 0 Å². The SMILES string of the molecule is Cc1cc(NC(=O)c2cccc(F)c2)sc1C(=O)N1CCc2c(F)cc(F)cc21. The summed E-state index contributed by atoms with van der Waals surface area (Å²) in [4.78, 5) is 27.0. The molecule has 0 fully saturated rings. The zero-order chi connectivity index (χ0) is 20.7. The van der Waals surface area contributed by atoms with Crippen LogP contribution >= 0.6 is 11.3 Å². The Morgan fingerprint density at radius 2 is 1.86 bits per heavy atom. The van der Waals surface area contributed by atoms with Crippen LogP contribution in [0.3, 0.4) is 0 Å². The number of aryl methyl sites for hydroxylation is 1. The smallest absolute Gasteiger partial charge is 0.268 e. The van der Waals surface area contributed by atoms with Crippen molar-refractivity contribution in [1.82, 2.24) is 0 Å². The predicted octanol–water partition coefficient (Wildman–Crippen LogP) is 4.93. The molecule has 0 atom stereocenters. The van der Waals surface area contributed by atoms with Crippen LogP contribution in [0.1, 0.15) is 31.2 Å². The summed E-state index contributed by atoms with van der Waals surface area (Å²) in [5.74, 6) is -2.82. The van der Waals surface area contributed by atoms with Crippen LogP contribution in [0, 0.1) is 24.4 Å². The van der Waals surface area contributed by atoms with E-state index in [1.807, 2.05) is 0 Å². The van der Waals surface area contributed by atoms with Gasteiger partial charge in [-0.2, -0.15) is 0 Å². The fourth-order valence-electron chi connectivity index (χ4n) is 3.33. The summed E-state index contributed by atoms with van der Waals surface area (Å²) in [6, 6.07) is 8.87. The van der Waals surface area contributed by atoms with Crippen LogP contribution in [0.2, 0.25) is 0 Å². The Hall–Kier alpha value is -3.13. The Labute approximate surface area is 168 Å². The molecule has 8 heteroatoms. The van der Waals surface area contributed by atoms with Gasteiger partial charge in [-0.25, -0.2) is 13.2 Å². The number of amides is 2. The van der Waals surface area contributed by atoms with Crippen LogP contribution < -0.4 is 10.2 Å². The lowest BCUT2D eigenvalue weighted by molar-refractivity contribution is 0.0990. The van der Waals surface area contributed by atoms with Gasteiger partial charge in [0.2, 0.25) is 0 Å². The first-order valence-corrected chi connectivity index (χ1v) is 9.62. The quantitative estimate of drug-likeness (QED) is 0.658. The minimum Gasteiger partial charge on any atom is -0.314 e. The Morgan fingerprint density at radius 3 is 2.62 bits per heavy atom. The van der Waals surface area contributed by atoms with Gasteiger partial charge in [0.25, 0.3) is 11.8 Å². The van der Waals surface area contributed by atoms with E-state index in [2.05, 4.69) is 5.32 Å². The summed E-state index contributed by atoms with van der Waals surface area (Å²) >= 11 is 1.06. The molecule has 0 spiro atoms. The third-order valence-corrected chi connectivity index (χ3v) is 5.83. The van der Waals surface area contributed by atoms with E-state index in [1.165, 1.54) is 23.1 Å². The van der Waals surface area contributed by atoms with Crippen molar-refractivity contribution in [3.8, 4) is 0 Å². The highest BCUT2D eigenvalue weighted by molar-refractivity contribution is 7.18. The molecule has 148 valence electrons. The maximum absolute atomic E-state index is 14.0. The Balaban J connectivity index is 1.58. The normalized spacial score (nSPS) is 12.8. The summed E-state index contributed by atoms with van der Waals surface area (Å²) in [5, 5.41) is 3.07. The first-order chi connectivity index (χ1) is 13.8. The lowest BCUT2D eigenvalue weighted by Crippen LogP contribution is -2.28. The van der Waals surface area contributed by atoms with Gasteiger partial charge < -0.3 is 10.2 Å². The number of carbonyl (C=O) groups is 2. The van der Waals surface area contributed by atoms with Crippen molar-refractivity contribution in [3.63, 3.8) is 0 Å². The molecule has 0 radical (unpaired) electrons. The number of hydrogen-bond donors (Lipinski definition) is 1. The van der Waals surface area contributed by atoms with Crippen LogP contribution in [-0.4, -0.2) is 18.4 Å². The maximum atomic E-state index is 14.0. The zero-order valence-electron chi connectivity index (χ0n) is 15.3. The third-order valence-electron chi connectivity index (χ3n) is 4.69. The van der Waals surface area contributed by atoms with Crippen LogP contribution in [0.25, 0.3) is 0 Å². The van der Waals surface area contributed by atoms with E-state index in [4.69, 9.17) is 0 Å². The van der Waals surface area contributed by atoms with Crippen molar-refractivity contribution in [2.45, 2.75) is 13.3 Å². The number of nitrogens with one attached hydrogen (secondary N) is 1. The van der Waals surface area contributed by atoms with Crippen LogP contribution in [-0.2, 0) is 6.42 Å². The van der Waals surface area contributed by atoms with E-state index < -0.39 is 23.4 Å². The lowest BCUT2D eigenvalue weighted by atomic mass is 10.1. The first kappa shape index (κ1) is 19.2. The van der Waals surface area contributed by atoms with Crippen molar-refractivity contribution in [2.75, 3.05) is 16.8 Å². The van der Waals surface area contributed by atoms with Gasteiger partial charge in [0.1, 0.15) is 17.5 Å². The van der Waals surface area contributed by atoms with Gasteiger partial charge in [-0.05, 0) is 49.2 Å². The molecule has 2 heterocycles. The Morgan fingerprint density at radius 1 is 1.07 bits per heavy atom. The van der Waals surface area contributed by atoms with Crippen molar-refractivity contribution in [3.05, 3.63) is 81.5 Å². The number of benzene rings is 2. The number of hydrogen-bond acceptors (Lipinski definition) is 3. The minimum atomic E-state index is -0.744. The van der Waals surface area contributed by atoms with Gasteiger partial charge in [0.15, 0.2) is 0 Å². The molecule has 1 N–H and O–H groups in total. The summed E-state index contributed by atoms with van der Waals surface area (Å²) in [5.41, 5.74) is 1.32. The molecule has 0 saturated heterocycles. The number of thiophene rings is 1. The largest absolute Gasteiger partial charge is 0.314 e. The molecule has 2 amide bonds. The van der Waals surface area contributed by atoms with Crippen LogP contribution in [0.4, 0.5) is 23.9 Å². The highest BCUT2D eigenvalue weighted by atomic mass is 32.1. The van der Waals surface area contributed by atoms with E-state index in [-0.39, 0.29) is 23.7 Å². The third kappa shape index (κ3) is 3.63. The second kappa shape index (κ2) is 7.36. The molecule has 1 aliphatic heterocycles. The molecular weight excluding hydrogens is 401 g/mol. The number of halogens is 3. The molecule has 29 heavy (non-hydrogen) atoms. The number of fused-ring (bicyclic) bond motifs is 1. The number of rotatable bonds is 3. The number of anilines is 2. The Bertz CT molecular complexity index is 1140. The topological polar surface area (TPSA) is 49.4 Å². The molecule has 3 aromatic rings. The van der Waals surface area contributed by atoms with E-state index >= 15 is 0 Å². The Kier molecular flexibility index (Phi) is 4.87. The lowest BCUT2D eigenvalue weighted by Gasteiger charge is -2.17. The molecule has 4 rings (SSSR count). The predicted molar refractivity (Wildman–Crippen MR) is 105 cm³/mol. The standard InChI is InChI=1S/C21H15F3N2O2S/c1-11-7-18(25-20(27)12-3-2-4-13(22)8-12)29-19(11)21(28)26-6-5-15-16(24)9-14(23)10-17(15)26/h2-4,7-10H,5-6H2,1H3,(H,25,27). The average Bonchev–Trinajstić information content (AvgIpc) is 3.24. The minimum absolute atomic E-state index is 0.156. The highest BCUT2D eigenvalue weighted by Crippen LogP contribution is 2.35. The number of carbonyl (C=O) groups excluding carboxylic acids is 2. The van der Waals surface area contributed by atoms with Crippen LogP contribution in [0.5, 0.6) is 0 Å². The van der Waals surface area contributed by atoms with Crippen LogP contribution in [0.15, 0.2) is 42.5 Å². The molecule has 0 unspecified atom stereocenters. The maximum Gasteiger partial charge on any atom is 0.268 e. The van der Waals surface area contributed by atoms with Gasteiger partial charge in [-0.1, -0.05) is 6.07 Å². The van der Waals surface area contributed by atoms with Crippen molar-refractivity contribution >= 4 is 33.8 Å². The fraction of sp³-hybridized carbons (Fsp3) is 0.143. The summed E-state index contributed by atoms with van der Waals surface area (Å²) in [6.45, 7) is 1.96. The summed E-state index contributed by atoms with van der Waals surface area (Å²) in [6.07, 6.45) is 0.306. The molecule has 1 aliphatic rings. The van der Waals surface area contributed by atoms with E-state index in [9.17, 15) is 22.8 Å². The molecule has 4 nitrogen and oxygen atoms in total. The van der Waals surface area contributed by atoms with Crippen molar-refractivity contribution in [1.29, 1.82) is 0 Å².